The number of aliphatic hydroxyl groups excluding tert-OH is 1. The summed E-state index contributed by atoms with van der Waals surface area (Å²) in [5.74, 6) is 2.15. The average Bonchev–Trinajstić information content (AvgIpc) is 3.11. The lowest BCUT2D eigenvalue weighted by molar-refractivity contribution is 0.166. The number of ether oxygens (including phenoxy) is 1. The number of rotatable bonds is 6. The molecule has 1 aliphatic heterocycles. The first kappa shape index (κ1) is 16.0. The fourth-order valence-corrected chi connectivity index (χ4v) is 3.00. The lowest BCUT2D eigenvalue weighted by Crippen LogP contribution is -2.27. The number of aromatic nitrogens is 2. The molecule has 1 aliphatic rings. The third-order valence-corrected chi connectivity index (χ3v) is 4.15. The highest BCUT2D eigenvalue weighted by atomic mass is 16.5. The van der Waals surface area contributed by atoms with Gasteiger partial charge in [0.25, 0.3) is 0 Å². The zero-order chi connectivity index (χ0) is 16.2. The van der Waals surface area contributed by atoms with Crippen LogP contribution in [0.15, 0.2) is 28.8 Å². The maximum atomic E-state index is 9.95. The van der Waals surface area contributed by atoms with Crippen molar-refractivity contribution in [3.8, 4) is 5.75 Å². The zero-order valence-corrected chi connectivity index (χ0v) is 13.6. The number of hydrogen-bond acceptors (Lipinski definition) is 6. The summed E-state index contributed by atoms with van der Waals surface area (Å²) in [5.41, 5.74) is 1.14. The van der Waals surface area contributed by atoms with Gasteiger partial charge >= 0.3 is 0 Å². The molecule has 6 nitrogen and oxygen atoms in total. The Kier molecular flexibility index (Phi) is 4.93. The number of β-amino-alcohol motifs (C(OH)–C–C–N with tert-alkyl or cyclic N) is 1. The zero-order valence-electron chi connectivity index (χ0n) is 13.6. The van der Waals surface area contributed by atoms with Crippen LogP contribution in [0.2, 0.25) is 0 Å². The first-order chi connectivity index (χ1) is 11.1. The van der Waals surface area contributed by atoms with Crippen molar-refractivity contribution in [3.63, 3.8) is 0 Å². The van der Waals surface area contributed by atoms with Gasteiger partial charge in [-0.3, -0.25) is 4.90 Å². The van der Waals surface area contributed by atoms with Gasteiger partial charge in [0.1, 0.15) is 5.75 Å². The van der Waals surface area contributed by atoms with Gasteiger partial charge in [-0.15, -0.1) is 0 Å². The number of nitrogens with zero attached hydrogens (tertiary/aromatic N) is 3. The number of benzene rings is 1. The molecule has 0 spiro atoms. The second-order valence-corrected chi connectivity index (χ2v) is 6.05. The minimum Gasteiger partial charge on any atom is -0.493 e. The monoisotopic (exact) mass is 317 g/mol. The molecule has 2 aromatic rings. The van der Waals surface area contributed by atoms with Crippen LogP contribution in [-0.2, 0) is 0 Å². The number of para-hydroxylation sites is 1. The summed E-state index contributed by atoms with van der Waals surface area (Å²) in [6, 6.07) is 8.02. The highest BCUT2D eigenvalue weighted by molar-refractivity contribution is 5.31. The first-order valence-corrected chi connectivity index (χ1v) is 8.04. The number of aryl methyl sites for hydroxylation is 2. The molecule has 0 unspecified atom stereocenters. The topological polar surface area (TPSA) is 71.6 Å². The van der Waals surface area contributed by atoms with Crippen LogP contribution in [0.5, 0.6) is 5.75 Å². The Balaban J connectivity index is 1.51. The Hall–Kier alpha value is -1.92. The molecule has 2 heterocycles. The van der Waals surface area contributed by atoms with Crippen molar-refractivity contribution in [3.05, 3.63) is 41.5 Å². The summed E-state index contributed by atoms with van der Waals surface area (Å²) in [6.07, 6.45) is 1.18. The van der Waals surface area contributed by atoms with Gasteiger partial charge in [0.2, 0.25) is 5.89 Å². The highest BCUT2D eigenvalue weighted by Crippen LogP contribution is 2.31. The molecule has 2 atom stereocenters. The summed E-state index contributed by atoms with van der Waals surface area (Å²) in [6.45, 7) is 5.96. The molecule has 1 fully saturated rings. The second-order valence-electron chi connectivity index (χ2n) is 6.05. The molecule has 3 rings (SSSR count). The minimum absolute atomic E-state index is 0.00432. The number of likely N-dealkylation sites (tertiary alicyclic amines) is 1. The van der Waals surface area contributed by atoms with Crippen molar-refractivity contribution in [1.29, 1.82) is 0 Å². The van der Waals surface area contributed by atoms with Crippen LogP contribution in [0.1, 0.15) is 36.2 Å². The van der Waals surface area contributed by atoms with Gasteiger partial charge in [0, 0.05) is 13.1 Å². The van der Waals surface area contributed by atoms with E-state index in [-0.39, 0.29) is 12.1 Å². The third-order valence-electron chi connectivity index (χ3n) is 4.15. The van der Waals surface area contributed by atoms with Gasteiger partial charge < -0.3 is 14.4 Å². The maximum Gasteiger partial charge on any atom is 0.244 e. The van der Waals surface area contributed by atoms with Crippen LogP contribution in [0.3, 0.4) is 0 Å². The van der Waals surface area contributed by atoms with Crippen LogP contribution in [0.25, 0.3) is 0 Å². The normalized spacial score (nSPS) is 21.7. The van der Waals surface area contributed by atoms with Gasteiger partial charge in [-0.2, -0.15) is 4.98 Å². The largest absolute Gasteiger partial charge is 0.493 e. The molecule has 0 radical (unpaired) electrons. The quantitative estimate of drug-likeness (QED) is 0.824. The van der Waals surface area contributed by atoms with E-state index in [9.17, 15) is 5.11 Å². The smallest absolute Gasteiger partial charge is 0.244 e. The van der Waals surface area contributed by atoms with E-state index >= 15 is 0 Å². The molecular formula is C17H23N3O3. The number of hydrogen-bond donors (Lipinski definition) is 1. The molecule has 1 aromatic carbocycles. The molecular weight excluding hydrogens is 294 g/mol. The van der Waals surface area contributed by atoms with E-state index in [4.69, 9.17) is 9.26 Å². The Labute approximate surface area is 136 Å². The van der Waals surface area contributed by atoms with Crippen LogP contribution < -0.4 is 4.74 Å². The first-order valence-electron chi connectivity index (χ1n) is 8.04. The molecule has 0 amide bonds. The van der Waals surface area contributed by atoms with Gasteiger partial charge in [-0.25, -0.2) is 0 Å². The maximum absolute atomic E-state index is 9.95. The summed E-state index contributed by atoms with van der Waals surface area (Å²) in [5, 5.41) is 13.8. The fraction of sp³-hybridized carbons (Fsp3) is 0.529. The molecule has 0 aliphatic carbocycles. The van der Waals surface area contributed by atoms with Crippen molar-refractivity contribution in [2.75, 3.05) is 19.7 Å². The molecule has 0 saturated carbocycles. The predicted octanol–water partition coefficient (Wildman–Crippen LogP) is 2.26. The molecule has 1 saturated heterocycles. The number of aliphatic hydroxyl groups is 1. The average molecular weight is 317 g/mol. The fourth-order valence-electron chi connectivity index (χ4n) is 3.00. The van der Waals surface area contributed by atoms with Crippen molar-refractivity contribution in [2.45, 2.75) is 38.8 Å². The van der Waals surface area contributed by atoms with Gasteiger partial charge in [0.15, 0.2) is 5.82 Å². The second kappa shape index (κ2) is 7.10. The predicted molar refractivity (Wildman–Crippen MR) is 85.3 cm³/mol. The van der Waals surface area contributed by atoms with E-state index < -0.39 is 0 Å². The van der Waals surface area contributed by atoms with Gasteiger partial charge in [-0.1, -0.05) is 23.4 Å². The highest BCUT2D eigenvalue weighted by Gasteiger charge is 2.35. The summed E-state index contributed by atoms with van der Waals surface area (Å²) in [7, 11) is 0. The molecule has 124 valence electrons. The van der Waals surface area contributed by atoms with E-state index in [1.165, 1.54) is 0 Å². The lowest BCUT2D eigenvalue weighted by Gasteiger charge is -2.21. The van der Waals surface area contributed by atoms with Gasteiger partial charge in [-0.05, 0) is 38.3 Å². The molecule has 23 heavy (non-hydrogen) atoms. The summed E-state index contributed by atoms with van der Waals surface area (Å²) < 4.78 is 11.1. The Morgan fingerprint density at radius 2 is 2.17 bits per heavy atom. The SMILES string of the molecule is Cc1noc([C@H]2C[C@@H](O)CN2CCCOc2ccccc2C)n1. The van der Waals surface area contributed by atoms with Crippen LogP contribution in [-0.4, -0.2) is 45.9 Å². The standard InChI is InChI=1S/C17H23N3O3/c1-12-6-3-4-7-16(12)22-9-5-8-20-11-14(21)10-15(20)17-18-13(2)19-23-17/h3-4,6-7,14-15,21H,5,8-11H2,1-2H3/t14-,15-/m1/s1. The molecule has 0 bridgehead atoms. The minimum atomic E-state index is -0.343. The molecule has 1 aromatic heterocycles. The summed E-state index contributed by atoms with van der Waals surface area (Å²) >= 11 is 0. The summed E-state index contributed by atoms with van der Waals surface area (Å²) in [4.78, 5) is 6.50. The molecule has 6 heteroatoms. The van der Waals surface area contributed by atoms with Crippen molar-refractivity contribution in [2.24, 2.45) is 0 Å². The van der Waals surface area contributed by atoms with E-state index in [0.717, 1.165) is 24.3 Å². The van der Waals surface area contributed by atoms with E-state index in [1.54, 1.807) is 6.92 Å². The van der Waals surface area contributed by atoms with Crippen molar-refractivity contribution >= 4 is 0 Å². The van der Waals surface area contributed by atoms with Crippen LogP contribution in [0, 0.1) is 13.8 Å². The Morgan fingerprint density at radius 3 is 2.91 bits per heavy atom. The lowest BCUT2D eigenvalue weighted by atomic mass is 10.2. The third kappa shape index (κ3) is 3.89. The Bertz CT molecular complexity index is 644. The van der Waals surface area contributed by atoms with E-state index in [2.05, 4.69) is 15.0 Å². The van der Waals surface area contributed by atoms with Crippen LogP contribution >= 0.6 is 0 Å². The van der Waals surface area contributed by atoms with E-state index in [0.29, 0.717) is 31.3 Å². The van der Waals surface area contributed by atoms with Gasteiger partial charge in [0.05, 0.1) is 18.8 Å². The molecule has 1 N–H and O–H groups in total. The van der Waals surface area contributed by atoms with E-state index in [1.807, 2.05) is 31.2 Å². The Morgan fingerprint density at radius 1 is 1.35 bits per heavy atom. The van der Waals surface area contributed by atoms with Crippen molar-refractivity contribution < 1.29 is 14.4 Å². The van der Waals surface area contributed by atoms with Crippen molar-refractivity contribution in [1.82, 2.24) is 15.0 Å². The van der Waals surface area contributed by atoms with Crippen LogP contribution in [0.4, 0.5) is 0 Å².